The minimum absolute atomic E-state index is 0.261. The average molecular weight is 238 g/mol. The summed E-state index contributed by atoms with van der Waals surface area (Å²) in [5.41, 5.74) is 0.781. The summed E-state index contributed by atoms with van der Waals surface area (Å²) in [4.78, 5) is 1.60. The lowest BCUT2D eigenvalue weighted by Gasteiger charge is -2.19. The molecule has 1 aromatic heterocycles. The highest BCUT2D eigenvalue weighted by Crippen LogP contribution is 2.05. The summed E-state index contributed by atoms with van der Waals surface area (Å²) in [5.74, 6) is 0.347. The maximum atomic E-state index is 12.2. The monoisotopic (exact) mass is 237 g/mol. The van der Waals surface area contributed by atoms with Crippen LogP contribution in [0.4, 0.5) is 8.78 Å². The van der Waals surface area contributed by atoms with Gasteiger partial charge in [-0.1, -0.05) is 0 Å². The Morgan fingerprint density at radius 2 is 2.33 bits per heavy atom. The molecule has 0 atom stereocenters. The summed E-state index contributed by atoms with van der Waals surface area (Å²) in [5, 5.41) is 4.13. The molecular formula is C9H14ClF2N3. The third-order valence-corrected chi connectivity index (χ3v) is 2.12. The molecule has 86 valence electrons. The van der Waals surface area contributed by atoms with E-state index in [1.54, 1.807) is 22.8 Å². The molecule has 0 aromatic carbocycles. The fourth-order valence-electron chi connectivity index (χ4n) is 1.33. The van der Waals surface area contributed by atoms with Crippen LogP contribution in [0.1, 0.15) is 5.69 Å². The van der Waals surface area contributed by atoms with Crippen molar-refractivity contribution in [2.75, 3.05) is 19.0 Å². The molecule has 0 bridgehead atoms. The molecule has 0 N–H and O–H groups in total. The zero-order chi connectivity index (χ0) is 11.3. The Bertz CT molecular complexity index is 291. The van der Waals surface area contributed by atoms with Crippen molar-refractivity contribution in [1.29, 1.82) is 0 Å². The number of rotatable bonds is 6. The predicted octanol–water partition coefficient (Wildman–Crippen LogP) is 1.73. The molecule has 0 spiro atoms. The van der Waals surface area contributed by atoms with Gasteiger partial charge in [-0.3, -0.25) is 9.58 Å². The Balaban J connectivity index is 2.50. The van der Waals surface area contributed by atoms with Crippen molar-refractivity contribution in [2.45, 2.75) is 13.0 Å². The molecule has 1 aromatic rings. The standard InChI is InChI=1S/C9H14ClF2N3/c1-14-4-2-8(13-14)6-15(5-3-10)7-9(11)12/h2,4,9H,3,5-7H2,1H3. The van der Waals surface area contributed by atoms with E-state index in [0.717, 1.165) is 5.69 Å². The highest BCUT2D eigenvalue weighted by molar-refractivity contribution is 6.18. The number of hydrogen-bond acceptors (Lipinski definition) is 2. The number of halogens is 3. The highest BCUT2D eigenvalue weighted by Gasteiger charge is 2.12. The molecule has 0 aliphatic heterocycles. The third-order valence-electron chi connectivity index (χ3n) is 1.95. The second kappa shape index (κ2) is 6.02. The molecule has 0 aliphatic rings. The number of nitrogens with zero attached hydrogens (tertiary/aromatic N) is 3. The average Bonchev–Trinajstić information content (AvgIpc) is 2.50. The summed E-state index contributed by atoms with van der Waals surface area (Å²) in [6, 6.07) is 1.81. The predicted molar refractivity (Wildman–Crippen MR) is 55.2 cm³/mol. The minimum atomic E-state index is -2.34. The van der Waals surface area contributed by atoms with E-state index in [4.69, 9.17) is 11.6 Å². The molecule has 0 fully saturated rings. The summed E-state index contributed by atoms with van der Waals surface area (Å²) in [6.45, 7) is 0.601. The van der Waals surface area contributed by atoms with E-state index in [9.17, 15) is 8.78 Å². The van der Waals surface area contributed by atoms with Gasteiger partial charge < -0.3 is 0 Å². The van der Waals surface area contributed by atoms with Gasteiger partial charge >= 0.3 is 0 Å². The summed E-state index contributed by atoms with van der Waals surface area (Å²) in [7, 11) is 1.79. The lowest BCUT2D eigenvalue weighted by atomic mass is 10.4. The summed E-state index contributed by atoms with van der Waals surface area (Å²) in [6.07, 6.45) is -0.548. The third kappa shape index (κ3) is 4.57. The fourth-order valence-corrected chi connectivity index (χ4v) is 1.57. The Morgan fingerprint density at radius 1 is 1.60 bits per heavy atom. The van der Waals surface area contributed by atoms with Gasteiger partial charge in [-0.05, 0) is 6.07 Å². The van der Waals surface area contributed by atoms with Crippen LogP contribution in [0.5, 0.6) is 0 Å². The number of aromatic nitrogens is 2. The van der Waals surface area contributed by atoms with E-state index in [0.29, 0.717) is 19.0 Å². The smallest absolute Gasteiger partial charge is 0.251 e. The molecule has 0 unspecified atom stereocenters. The van der Waals surface area contributed by atoms with Crippen LogP contribution >= 0.6 is 11.6 Å². The van der Waals surface area contributed by atoms with Crippen LogP contribution in [-0.4, -0.2) is 40.1 Å². The van der Waals surface area contributed by atoms with Crippen molar-refractivity contribution in [1.82, 2.24) is 14.7 Å². The summed E-state index contributed by atoms with van der Waals surface area (Å²) < 4.78 is 26.1. The highest BCUT2D eigenvalue weighted by atomic mass is 35.5. The second-order valence-corrected chi connectivity index (χ2v) is 3.67. The molecule has 1 heterocycles. The zero-order valence-electron chi connectivity index (χ0n) is 8.54. The van der Waals surface area contributed by atoms with Crippen molar-refractivity contribution >= 4 is 11.6 Å². The number of aryl methyl sites for hydroxylation is 1. The molecule has 6 heteroatoms. The lowest BCUT2D eigenvalue weighted by molar-refractivity contribution is 0.0872. The molecule has 0 amide bonds. The van der Waals surface area contributed by atoms with Crippen LogP contribution < -0.4 is 0 Å². The lowest BCUT2D eigenvalue weighted by Crippen LogP contribution is -2.30. The Hall–Kier alpha value is -0.680. The molecule has 1 rings (SSSR count). The molecule has 15 heavy (non-hydrogen) atoms. The van der Waals surface area contributed by atoms with E-state index in [1.807, 2.05) is 6.07 Å². The largest absolute Gasteiger partial charge is 0.291 e. The van der Waals surface area contributed by atoms with Crippen LogP contribution in [0.15, 0.2) is 12.3 Å². The first-order valence-electron chi connectivity index (χ1n) is 4.67. The van der Waals surface area contributed by atoms with Gasteiger partial charge in [0.05, 0.1) is 12.2 Å². The number of alkyl halides is 3. The Labute approximate surface area is 92.6 Å². The molecule has 3 nitrogen and oxygen atoms in total. The van der Waals surface area contributed by atoms with E-state index >= 15 is 0 Å². The first-order chi connectivity index (χ1) is 7.11. The molecule has 0 saturated heterocycles. The fraction of sp³-hybridized carbons (Fsp3) is 0.667. The van der Waals surface area contributed by atoms with Gasteiger partial charge in [-0.25, -0.2) is 8.78 Å². The van der Waals surface area contributed by atoms with E-state index in [-0.39, 0.29) is 6.54 Å². The van der Waals surface area contributed by atoms with Crippen LogP contribution in [0.2, 0.25) is 0 Å². The van der Waals surface area contributed by atoms with Gasteiger partial charge in [-0.15, -0.1) is 11.6 Å². The number of hydrogen-bond donors (Lipinski definition) is 0. The maximum absolute atomic E-state index is 12.2. The van der Waals surface area contributed by atoms with Crippen LogP contribution in [-0.2, 0) is 13.6 Å². The van der Waals surface area contributed by atoms with Crippen LogP contribution in [0.25, 0.3) is 0 Å². The van der Waals surface area contributed by atoms with Crippen LogP contribution in [0.3, 0.4) is 0 Å². The summed E-state index contributed by atoms with van der Waals surface area (Å²) >= 11 is 5.54. The minimum Gasteiger partial charge on any atom is -0.291 e. The van der Waals surface area contributed by atoms with E-state index < -0.39 is 6.43 Å². The maximum Gasteiger partial charge on any atom is 0.251 e. The Kier molecular flexibility index (Phi) is 4.98. The molecule has 0 saturated carbocycles. The van der Waals surface area contributed by atoms with Gasteiger partial charge in [0.2, 0.25) is 0 Å². The normalized spacial score (nSPS) is 11.6. The van der Waals surface area contributed by atoms with Gasteiger partial charge in [0.15, 0.2) is 0 Å². The first-order valence-corrected chi connectivity index (χ1v) is 5.20. The van der Waals surface area contributed by atoms with Gasteiger partial charge in [0, 0.05) is 32.2 Å². The van der Waals surface area contributed by atoms with Crippen molar-refractivity contribution in [3.63, 3.8) is 0 Å². The van der Waals surface area contributed by atoms with Gasteiger partial charge in [0.25, 0.3) is 6.43 Å². The topological polar surface area (TPSA) is 21.1 Å². The molecule has 0 aliphatic carbocycles. The van der Waals surface area contributed by atoms with Crippen LogP contribution in [0, 0.1) is 0 Å². The van der Waals surface area contributed by atoms with Crippen molar-refractivity contribution in [3.8, 4) is 0 Å². The van der Waals surface area contributed by atoms with Gasteiger partial charge in [-0.2, -0.15) is 5.10 Å². The Morgan fingerprint density at radius 3 is 2.80 bits per heavy atom. The van der Waals surface area contributed by atoms with Crippen molar-refractivity contribution in [3.05, 3.63) is 18.0 Å². The second-order valence-electron chi connectivity index (χ2n) is 3.30. The first kappa shape index (κ1) is 12.4. The molecular weight excluding hydrogens is 224 g/mol. The van der Waals surface area contributed by atoms with E-state index in [1.165, 1.54) is 0 Å². The SMILES string of the molecule is Cn1ccc(CN(CCCl)CC(F)F)n1. The van der Waals surface area contributed by atoms with Crippen molar-refractivity contribution < 1.29 is 8.78 Å². The zero-order valence-corrected chi connectivity index (χ0v) is 9.29. The quantitative estimate of drug-likeness (QED) is 0.703. The molecule has 0 radical (unpaired) electrons. The van der Waals surface area contributed by atoms with E-state index in [2.05, 4.69) is 5.10 Å². The van der Waals surface area contributed by atoms with Gasteiger partial charge in [0.1, 0.15) is 0 Å². The van der Waals surface area contributed by atoms with Crippen molar-refractivity contribution in [2.24, 2.45) is 7.05 Å².